The van der Waals surface area contributed by atoms with E-state index >= 15 is 0 Å². The highest BCUT2D eigenvalue weighted by Crippen LogP contribution is 2.27. The van der Waals surface area contributed by atoms with Gasteiger partial charge in [0.2, 0.25) is 5.91 Å². The van der Waals surface area contributed by atoms with E-state index in [0.29, 0.717) is 6.54 Å². The molecule has 1 fully saturated rings. The molecule has 0 saturated heterocycles. The third-order valence-electron chi connectivity index (χ3n) is 4.58. The fourth-order valence-electron chi connectivity index (χ4n) is 3.28. The molecule has 0 radical (unpaired) electrons. The van der Waals surface area contributed by atoms with Crippen LogP contribution in [0.4, 0.5) is 4.79 Å². The van der Waals surface area contributed by atoms with Crippen molar-refractivity contribution >= 4 is 18.1 Å². The Balaban J connectivity index is 1.97. The fraction of sp³-hybridized carbons (Fsp3) is 0.650. The Kier molecular flexibility index (Phi) is 7.05. The van der Waals surface area contributed by atoms with Crippen LogP contribution in [0, 0.1) is 0 Å². The molecule has 2 N–H and O–H groups in total. The largest absolute Gasteiger partial charge is 0.444 e. The molecule has 1 aliphatic rings. The van der Waals surface area contributed by atoms with Gasteiger partial charge in [-0.2, -0.15) is 5.10 Å². The van der Waals surface area contributed by atoms with E-state index in [0.717, 1.165) is 44.1 Å². The summed E-state index contributed by atoms with van der Waals surface area (Å²) in [4.78, 5) is 24.6. The molecule has 1 aromatic rings. The number of carbonyl (C=O) groups is 2. The van der Waals surface area contributed by atoms with E-state index in [1.807, 2.05) is 34.0 Å². The van der Waals surface area contributed by atoms with Crippen molar-refractivity contribution in [3.05, 3.63) is 24.0 Å². The maximum Gasteiger partial charge on any atom is 0.408 e. The van der Waals surface area contributed by atoms with E-state index in [-0.39, 0.29) is 5.91 Å². The van der Waals surface area contributed by atoms with Crippen LogP contribution in [0.15, 0.2) is 18.5 Å². The average Bonchev–Trinajstić information content (AvgIpc) is 2.84. The Labute approximate surface area is 161 Å². The molecule has 0 spiro atoms. The number of nitrogens with one attached hydrogen (secondary N) is 2. The first-order valence-corrected chi connectivity index (χ1v) is 9.63. The zero-order valence-electron chi connectivity index (χ0n) is 16.9. The summed E-state index contributed by atoms with van der Waals surface area (Å²) in [7, 11) is 1.83. The van der Waals surface area contributed by atoms with Crippen molar-refractivity contribution in [2.24, 2.45) is 7.05 Å². The highest BCUT2D eigenvalue weighted by molar-refractivity contribution is 5.91. The minimum absolute atomic E-state index is 0.187. The highest BCUT2D eigenvalue weighted by Gasteiger charge is 2.34. The molecular formula is C20H32N4O3. The summed E-state index contributed by atoms with van der Waals surface area (Å²) in [5.74, 6) is -0.187. The van der Waals surface area contributed by atoms with Crippen molar-refractivity contribution in [3.63, 3.8) is 0 Å². The minimum Gasteiger partial charge on any atom is -0.444 e. The lowest BCUT2D eigenvalue weighted by atomic mass is 9.90. The van der Waals surface area contributed by atoms with Gasteiger partial charge < -0.3 is 15.4 Å². The summed E-state index contributed by atoms with van der Waals surface area (Å²) in [5, 5.41) is 10.1. The fourth-order valence-corrected chi connectivity index (χ4v) is 3.28. The summed E-state index contributed by atoms with van der Waals surface area (Å²) in [6, 6.07) is 0. The van der Waals surface area contributed by atoms with Crippen LogP contribution in [0.25, 0.3) is 6.08 Å². The van der Waals surface area contributed by atoms with Gasteiger partial charge in [0, 0.05) is 31.4 Å². The first kappa shape index (κ1) is 21.0. The number of ether oxygens (including phenoxy) is 1. The van der Waals surface area contributed by atoms with E-state index in [1.54, 1.807) is 17.0 Å². The minimum atomic E-state index is -0.550. The van der Waals surface area contributed by atoms with Gasteiger partial charge in [-0.05, 0) is 39.7 Å². The summed E-state index contributed by atoms with van der Waals surface area (Å²) in [6.45, 7) is 5.93. The summed E-state index contributed by atoms with van der Waals surface area (Å²) in [6.07, 6.45) is 12.3. The van der Waals surface area contributed by atoms with Crippen LogP contribution in [0.2, 0.25) is 0 Å². The van der Waals surface area contributed by atoms with Crippen LogP contribution in [-0.4, -0.2) is 39.5 Å². The first-order valence-electron chi connectivity index (χ1n) is 9.63. The summed E-state index contributed by atoms with van der Waals surface area (Å²) >= 11 is 0. The number of aromatic nitrogens is 2. The first-order chi connectivity index (χ1) is 12.7. The van der Waals surface area contributed by atoms with Crippen LogP contribution in [-0.2, 0) is 16.6 Å². The number of alkyl carbamates (subject to hydrolysis) is 1. The van der Waals surface area contributed by atoms with Crippen LogP contribution in [0.3, 0.4) is 0 Å². The lowest BCUT2D eigenvalue weighted by Crippen LogP contribution is -2.56. The Morgan fingerprint density at radius 1 is 1.26 bits per heavy atom. The van der Waals surface area contributed by atoms with Crippen molar-refractivity contribution in [1.82, 2.24) is 20.4 Å². The third-order valence-corrected chi connectivity index (χ3v) is 4.58. The van der Waals surface area contributed by atoms with Crippen molar-refractivity contribution < 1.29 is 14.3 Å². The quantitative estimate of drug-likeness (QED) is 0.611. The van der Waals surface area contributed by atoms with E-state index in [9.17, 15) is 9.59 Å². The van der Waals surface area contributed by atoms with E-state index < -0.39 is 17.2 Å². The smallest absolute Gasteiger partial charge is 0.408 e. The lowest BCUT2D eigenvalue weighted by Gasteiger charge is -2.35. The molecule has 27 heavy (non-hydrogen) atoms. The molecule has 1 aromatic heterocycles. The number of rotatable bonds is 5. The normalized spacial score (nSPS) is 17.3. The Morgan fingerprint density at radius 3 is 2.48 bits per heavy atom. The van der Waals surface area contributed by atoms with E-state index in [4.69, 9.17) is 4.74 Å². The van der Waals surface area contributed by atoms with Crippen molar-refractivity contribution in [3.8, 4) is 0 Å². The van der Waals surface area contributed by atoms with Gasteiger partial charge in [0.15, 0.2) is 0 Å². The molecule has 7 heteroatoms. The van der Waals surface area contributed by atoms with E-state index in [1.165, 1.54) is 6.08 Å². The second-order valence-electron chi connectivity index (χ2n) is 8.32. The number of carbonyl (C=O) groups excluding carboxylic acids is 2. The number of nitrogens with zero attached hydrogens (tertiary/aromatic N) is 2. The molecule has 2 amide bonds. The van der Waals surface area contributed by atoms with Crippen LogP contribution in [0.5, 0.6) is 0 Å². The van der Waals surface area contributed by atoms with E-state index in [2.05, 4.69) is 15.7 Å². The number of hydrogen-bond acceptors (Lipinski definition) is 4. The molecule has 150 valence electrons. The van der Waals surface area contributed by atoms with Gasteiger partial charge in [0.1, 0.15) is 5.60 Å². The van der Waals surface area contributed by atoms with Gasteiger partial charge in [-0.15, -0.1) is 0 Å². The van der Waals surface area contributed by atoms with Gasteiger partial charge in [-0.25, -0.2) is 4.79 Å². The molecule has 0 aromatic carbocycles. The summed E-state index contributed by atoms with van der Waals surface area (Å²) in [5.41, 5.74) is -0.147. The molecule has 0 unspecified atom stereocenters. The molecular weight excluding hydrogens is 344 g/mol. The molecule has 0 aliphatic heterocycles. The number of hydrogen-bond donors (Lipinski definition) is 2. The predicted molar refractivity (Wildman–Crippen MR) is 105 cm³/mol. The topological polar surface area (TPSA) is 85.2 Å². The second-order valence-corrected chi connectivity index (χ2v) is 8.32. The maximum absolute atomic E-state index is 12.3. The van der Waals surface area contributed by atoms with Gasteiger partial charge in [0.05, 0.1) is 11.7 Å². The summed E-state index contributed by atoms with van der Waals surface area (Å²) < 4.78 is 7.12. The van der Waals surface area contributed by atoms with Gasteiger partial charge in [-0.1, -0.05) is 25.7 Å². The van der Waals surface area contributed by atoms with Crippen molar-refractivity contribution in [2.75, 3.05) is 6.54 Å². The molecule has 7 nitrogen and oxygen atoms in total. The number of aryl methyl sites for hydroxylation is 1. The van der Waals surface area contributed by atoms with Crippen molar-refractivity contribution in [2.45, 2.75) is 70.4 Å². The maximum atomic E-state index is 12.3. The number of amides is 2. The molecule has 0 bridgehead atoms. The van der Waals surface area contributed by atoms with Crippen LogP contribution in [0.1, 0.15) is 64.9 Å². The molecule has 1 heterocycles. The molecule has 1 aliphatic carbocycles. The average molecular weight is 377 g/mol. The zero-order chi connectivity index (χ0) is 19.9. The van der Waals surface area contributed by atoms with Crippen LogP contribution >= 0.6 is 0 Å². The third kappa shape index (κ3) is 7.45. The second kappa shape index (κ2) is 9.06. The predicted octanol–water partition coefficient (Wildman–Crippen LogP) is 3.17. The Hall–Kier alpha value is -2.31. The van der Waals surface area contributed by atoms with Gasteiger partial charge in [0.25, 0.3) is 0 Å². The SMILES string of the molecule is Cn1cc(/C=C/C(=O)NCC2(NC(=O)OC(C)(C)C)CCCCCC2)cn1. The monoisotopic (exact) mass is 376 g/mol. The Morgan fingerprint density at radius 2 is 1.93 bits per heavy atom. The lowest BCUT2D eigenvalue weighted by molar-refractivity contribution is -0.116. The van der Waals surface area contributed by atoms with Crippen molar-refractivity contribution in [1.29, 1.82) is 0 Å². The molecule has 0 atom stereocenters. The van der Waals surface area contributed by atoms with Gasteiger partial charge in [-0.3, -0.25) is 9.48 Å². The molecule has 2 rings (SSSR count). The van der Waals surface area contributed by atoms with Crippen LogP contribution < -0.4 is 10.6 Å². The zero-order valence-corrected chi connectivity index (χ0v) is 16.9. The standard InChI is InChI=1S/C20H32N4O3/c1-19(2,3)27-18(26)23-20(11-7-5-6-8-12-20)15-21-17(25)10-9-16-13-22-24(4)14-16/h9-10,13-14H,5-8,11-12,15H2,1-4H3,(H,21,25)(H,23,26)/b10-9+. The Bertz CT molecular complexity index is 665. The van der Waals surface area contributed by atoms with Gasteiger partial charge >= 0.3 is 6.09 Å². The molecule has 1 saturated carbocycles. The highest BCUT2D eigenvalue weighted by atomic mass is 16.6.